The Morgan fingerprint density at radius 3 is 2.35 bits per heavy atom. The molecule has 19 heteroatoms. The van der Waals surface area contributed by atoms with Gasteiger partial charge >= 0.3 is 17.9 Å². The fourth-order valence-electron chi connectivity index (χ4n) is 6.12. The number of rotatable bonds is 8. The molecule has 3 aromatic carbocycles. The maximum atomic E-state index is 14.2. The lowest BCUT2D eigenvalue weighted by Crippen LogP contribution is -2.38. The molecule has 6 aromatic rings. The summed E-state index contributed by atoms with van der Waals surface area (Å²) in [5.41, 5.74) is 1.39. The summed E-state index contributed by atoms with van der Waals surface area (Å²) in [5.74, 6) is 0.0653. The molecule has 0 aliphatic carbocycles. The van der Waals surface area contributed by atoms with Gasteiger partial charge in [-0.25, -0.2) is 18.8 Å². The topological polar surface area (TPSA) is 226 Å². The first-order valence-corrected chi connectivity index (χ1v) is 17.6. The van der Waals surface area contributed by atoms with Crippen LogP contribution in [-0.4, -0.2) is 48.1 Å². The monoisotopic (exact) mass is 777 g/mol. The third-order valence-corrected chi connectivity index (χ3v) is 10.1. The molecule has 0 saturated heterocycles. The maximum absolute atomic E-state index is 14.2. The lowest BCUT2D eigenvalue weighted by molar-refractivity contribution is -0.137. The molecular formula is C36H34F3N9O6S. The minimum absolute atomic E-state index is 0. The summed E-state index contributed by atoms with van der Waals surface area (Å²) < 4.78 is 83.5. The molecule has 3 heterocycles. The third kappa shape index (κ3) is 7.55. The van der Waals surface area contributed by atoms with E-state index in [2.05, 4.69) is 20.6 Å². The predicted octanol–water partition coefficient (Wildman–Crippen LogP) is 6.32. The van der Waals surface area contributed by atoms with Crippen molar-refractivity contribution in [1.82, 2.24) is 40.5 Å². The molecule has 0 saturated carbocycles. The summed E-state index contributed by atoms with van der Waals surface area (Å²) in [7, 11) is -4.52. The van der Waals surface area contributed by atoms with Gasteiger partial charge in [-0.3, -0.25) is 9.12 Å². The van der Waals surface area contributed by atoms with Gasteiger partial charge in [0.25, 0.3) is 10.1 Å². The van der Waals surface area contributed by atoms with Crippen molar-refractivity contribution >= 4 is 16.1 Å². The quantitative estimate of drug-likeness (QED) is 0.145. The minimum atomic E-state index is -4.71. The van der Waals surface area contributed by atoms with E-state index in [-0.39, 0.29) is 52.0 Å². The molecule has 3 aromatic heterocycles. The standard InChI is InChI=1S/C36H31F3N8O6S.H3N/c1-19-20(2)25(15-30(21(19)3)54(50,51)52)16-31-43-33(53-44-31)22(4)42-34(48)46-32(29-13-14-41-47(29)27-11-9-24(18-40)10-12-27)23(5)45(35(46)49)28-8-6-7-26(17-28)36(37,38)39;/h6-15,17,22H,16H2,1-5H3,(H,42,48)(H,50,51,52);1H3. The zero-order chi connectivity index (χ0) is 39.3. The summed E-state index contributed by atoms with van der Waals surface area (Å²) in [5, 5.41) is 20.2. The lowest BCUT2D eigenvalue weighted by Gasteiger charge is -2.14. The van der Waals surface area contributed by atoms with Gasteiger partial charge in [0.05, 0.1) is 51.1 Å². The number of carbonyl (C=O) groups excluding carboxylic acids is 1. The van der Waals surface area contributed by atoms with E-state index in [0.717, 1.165) is 32.9 Å². The molecule has 0 radical (unpaired) electrons. The lowest BCUT2D eigenvalue weighted by atomic mass is 9.97. The number of nitrogens with one attached hydrogen (secondary N) is 1. The van der Waals surface area contributed by atoms with Crippen LogP contribution in [0.4, 0.5) is 18.0 Å². The molecule has 0 aliphatic rings. The van der Waals surface area contributed by atoms with Gasteiger partial charge in [-0.05, 0) is 111 Å². The highest BCUT2D eigenvalue weighted by molar-refractivity contribution is 7.85. The van der Waals surface area contributed by atoms with Crippen LogP contribution in [0, 0.1) is 39.0 Å². The van der Waals surface area contributed by atoms with Crippen molar-refractivity contribution in [3.8, 4) is 28.8 Å². The number of aromatic nitrogens is 6. The molecule has 5 N–H and O–H groups in total. The summed E-state index contributed by atoms with van der Waals surface area (Å²) >= 11 is 0. The number of carbonyl (C=O) groups is 1. The molecule has 15 nitrogen and oxygen atoms in total. The maximum Gasteiger partial charge on any atom is 0.416 e. The summed E-state index contributed by atoms with van der Waals surface area (Å²) in [6.45, 7) is 8.07. The second-order valence-electron chi connectivity index (χ2n) is 12.5. The van der Waals surface area contributed by atoms with Gasteiger partial charge in [0, 0.05) is 6.42 Å². The Kier molecular flexibility index (Phi) is 10.7. The smallest absolute Gasteiger partial charge is 0.344 e. The van der Waals surface area contributed by atoms with Crippen LogP contribution >= 0.6 is 0 Å². The first kappa shape index (κ1) is 39.8. The van der Waals surface area contributed by atoms with Crippen LogP contribution in [0.15, 0.2) is 81.1 Å². The Hall–Kier alpha value is -6.36. The van der Waals surface area contributed by atoms with Crippen LogP contribution in [0.2, 0.25) is 0 Å². The van der Waals surface area contributed by atoms with Gasteiger partial charge in [0.2, 0.25) is 5.89 Å². The Bertz CT molecular complexity index is 2650. The number of benzene rings is 3. The highest BCUT2D eigenvalue weighted by atomic mass is 32.2. The van der Waals surface area contributed by atoms with E-state index in [1.807, 2.05) is 6.07 Å². The number of hydrogen-bond acceptors (Lipinski definition) is 10. The van der Waals surface area contributed by atoms with Gasteiger partial charge in [0.1, 0.15) is 11.7 Å². The van der Waals surface area contributed by atoms with Crippen LogP contribution in [-0.2, 0) is 22.7 Å². The van der Waals surface area contributed by atoms with Crippen LogP contribution in [0.3, 0.4) is 0 Å². The number of nitrogens with zero attached hydrogens (tertiary/aromatic N) is 7. The van der Waals surface area contributed by atoms with Crippen molar-refractivity contribution in [2.75, 3.05) is 0 Å². The summed E-state index contributed by atoms with van der Waals surface area (Å²) in [6, 6.07) is 13.3. The van der Waals surface area contributed by atoms with E-state index < -0.39 is 39.6 Å². The van der Waals surface area contributed by atoms with E-state index in [0.29, 0.717) is 27.9 Å². The van der Waals surface area contributed by atoms with Crippen molar-refractivity contribution < 1.29 is 35.5 Å². The Balaban J connectivity index is 0.00000580. The second-order valence-corrected chi connectivity index (χ2v) is 13.9. The number of halogens is 3. The number of nitriles is 1. The Morgan fingerprint density at radius 1 is 1.02 bits per heavy atom. The zero-order valence-electron chi connectivity index (χ0n) is 30.0. The average Bonchev–Trinajstić information content (AvgIpc) is 3.85. The van der Waals surface area contributed by atoms with E-state index in [1.54, 1.807) is 45.0 Å². The van der Waals surface area contributed by atoms with Gasteiger partial charge in [0.15, 0.2) is 5.82 Å². The molecule has 0 spiro atoms. The molecule has 286 valence electrons. The summed E-state index contributed by atoms with van der Waals surface area (Å²) in [4.78, 5) is 32.3. The van der Waals surface area contributed by atoms with Gasteiger partial charge in [-0.2, -0.15) is 36.9 Å². The van der Waals surface area contributed by atoms with E-state index in [4.69, 9.17) is 4.52 Å². The van der Waals surface area contributed by atoms with Crippen LogP contribution < -0.4 is 17.2 Å². The van der Waals surface area contributed by atoms with Crippen molar-refractivity contribution in [2.24, 2.45) is 0 Å². The molecule has 0 aliphatic heterocycles. The molecule has 1 amide bonds. The molecule has 1 unspecified atom stereocenters. The normalized spacial score (nSPS) is 12.2. The highest BCUT2D eigenvalue weighted by Crippen LogP contribution is 2.32. The SMILES string of the molecule is Cc1c(Cc2noc(C(C)NC(=O)n3c(-c4ccnn4-c4ccc(C#N)cc4)c(C)n(-c4cccc(C(F)(F)F)c4)c3=O)n2)cc(S(=O)(=O)O)c(C)c1C.N. The van der Waals surface area contributed by atoms with Gasteiger partial charge in [-0.1, -0.05) is 11.2 Å². The fourth-order valence-corrected chi connectivity index (χ4v) is 6.95. The fraction of sp³-hybridized carbons (Fsp3) is 0.222. The molecule has 0 bridgehead atoms. The van der Waals surface area contributed by atoms with E-state index in [1.165, 1.54) is 42.9 Å². The van der Waals surface area contributed by atoms with Crippen molar-refractivity contribution in [1.29, 1.82) is 5.26 Å². The third-order valence-electron chi connectivity index (χ3n) is 9.15. The van der Waals surface area contributed by atoms with Crippen molar-refractivity contribution in [2.45, 2.75) is 58.2 Å². The van der Waals surface area contributed by atoms with Crippen LogP contribution in [0.25, 0.3) is 22.8 Å². The Morgan fingerprint density at radius 2 is 1.71 bits per heavy atom. The van der Waals surface area contributed by atoms with Crippen molar-refractivity contribution in [3.63, 3.8) is 0 Å². The van der Waals surface area contributed by atoms with Crippen LogP contribution in [0.1, 0.15) is 63.8 Å². The molecule has 55 heavy (non-hydrogen) atoms. The summed E-state index contributed by atoms with van der Waals surface area (Å²) in [6.07, 6.45) is -3.28. The Labute approximate surface area is 312 Å². The second kappa shape index (κ2) is 14.8. The first-order chi connectivity index (χ1) is 25.4. The first-order valence-electron chi connectivity index (χ1n) is 16.2. The number of hydrogen-bond donors (Lipinski definition) is 3. The number of amides is 1. The number of imidazole rings is 1. The highest BCUT2D eigenvalue weighted by Gasteiger charge is 2.32. The number of alkyl halides is 3. The minimum Gasteiger partial charge on any atom is -0.344 e. The molecular weight excluding hydrogens is 744 g/mol. The largest absolute Gasteiger partial charge is 0.416 e. The van der Waals surface area contributed by atoms with Gasteiger partial charge in [-0.15, -0.1) is 0 Å². The molecule has 1 atom stereocenters. The molecule has 0 fully saturated rings. The van der Waals surface area contributed by atoms with E-state index in [9.17, 15) is 41.0 Å². The van der Waals surface area contributed by atoms with E-state index >= 15 is 0 Å². The van der Waals surface area contributed by atoms with Crippen molar-refractivity contribution in [3.05, 3.63) is 128 Å². The average molecular weight is 778 g/mol. The predicted molar refractivity (Wildman–Crippen MR) is 192 cm³/mol. The van der Waals surface area contributed by atoms with Gasteiger partial charge < -0.3 is 16.0 Å². The zero-order valence-corrected chi connectivity index (χ0v) is 30.8. The van der Waals surface area contributed by atoms with Crippen LogP contribution in [0.5, 0.6) is 0 Å². The molecule has 6 rings (SSSR count).